The number of aromatic nitrogens is 4. The first-order valence-corrected chi connectivity index (χ1v) is 12.7. The third-order valence-corrected chi connectivity index (χ3v) is 6.90. The molecule has 2 aromatic heterocycles. The van der Waals surface area contributed by atoms with Crippen LogP contribution in [0, 0.1) is 11.7 Å². The van der Waals surface area contributed by atoms with Crippen LogP contribution < -0.4 is 11.5 Å². The fourth-order valence-corrected chi connectivity index (χ4v) is 4.56. The van der Waals surface area contributed by atoms with Gasteiger partial charge < -0.3 is 11.5 Å². The molecule has 8 heteroatoms. The number of aryl methyl sites for hydroxylation is 1. The van der Waals surface area contributed by atoms with Crippen molar-refractivity contribution in [2.45, 2.75) is 71.1 Å². The van der Waals surface area contributed by atoms with Crippen molar-refractivity contribution in [2.24, 2.45) is 11.7 Å². The minimum absolute atomic E-state index is 0.222. The number of H-pyrrole nitrogens is 1. The third-order valence-electron chi connectivity index (χ3n) is 6.90. The second-order valence-electron chi connectivity index (χ2n) is 9.41. The molecule has 2 heterocycles. The molecule has 1 unspecified atom stereocenters. The topological polar surface area (TPSA) is 124 Å². The second kappa shape index (κ2) is 13.0. The zero-order valence-electron chi connectivity index (χ0n) is 21.3. The number of hydrogen-bond donors (Lipinski definition) is 3. The minimum atomic E-state index is -0.369. The monoisotopic (exact) mass is 492 g/mol. The van der Waals surface area contributed by atoms with Crippen molar-refractivity contribution >= 4 is 17.3 Å². The number of anilines is 1. The number of nitrogens with one attached hydrogen (secondary N) is 1. The fraction of sp³-hybridized carbons (Fsp3) is 0.429. The predicted octanol–water partition coefficient (Wildman–Crippen LogP) is 5.80. The van der Waals surface area contributed by atoms with Crippen molar-refractivity contribution in [1.82, 2.24) is 20.2 Å². The molecule has 1 saturated carbocycles. The highest BCUT2D eigenvalue weighted by Gasteiger charge is 2.23. The van der Waals surface area contributed by atoms with Crippen LogP contribution in [0.25, 0.3) is 16.8 Å². The first-order chi connectivity index (χ1) is 17.3. The quantitative estimate of drug-likeness (QED) is 0.367. The van der Waals surface area contributed by atoms with Gasteiger partial charge in [0.15, 0.2) is 0 Å². The highest BCUT2D eigenvalue weighted by molar-refractivity contribution is 5.76. The highest BCUT2D eigenvalue weighted by atomic mass is 19.1. The molecule has 1 atom stereocenters. The van der Waals surface area contributed by atoms with E-state index in [2.05, 4.69) is 28.7 Å². The van der Waals surface area contributed by atoms with E-state index in [1.54, 1.807) is 12.3 Å². The summed E-state index contributed by atoms with van der Waals surface area (Å²) in [7, 11) is 0. The Labute approximate surface area is 212 Å². The molecule has 0 aliphatic heterocycles. The summed E-state index contributed by atoms with van der Waals surface area (Å²) in [5, 5.41) is 6.70. The summed E-state index contributed by atoms with van der Waals surface area (Å²) in [6, 6.07) is 6.92. The summed E-state index contributed by atoms with van der Waals surface area (Å²) in [5.41, 5.74) is 14.8. The van der Waals surface area contributed by atoms with Gasteiger partial charge in [0.2, 0.25) is 5.91 Å². The van der Waals surface area contributed by atoms with E-state index in [-0.39, 0.29) is 18.1 Å². The van der Waals surface area contributed by atoms with Crippen LogP contribution in [0.15, 0.2) is 43.2 Å². The Kier molecular flexibility index (Phi) is 9.73. The molecule has 0 saturated heterocycles. The van der Waals surface area contributed by atoms with Gasteiger partial charge in [-0.15, -0.1) is 0 Å². The summed E-state index contributed by atoms with van der Waals surface area (Å²) in [6.45, 7) is 7.97. The van der Waals surface area contributed by atoms with E-state index in [1.807, 2.05) is 25.3 Å². The summed E-state index contributed by atoms with van der Waals surface area (Å²) >= 11 is 0. The van der Waals surface area contributed by atoms with Crippen molar-refractivity contribution in [1.29, 1.82) is 0 Å². The van der Waals surface area contributed by atoms with E-state index >= 15 is 0 Å². The number of hydrogen-bond acceptors (Lipinski definition) is 5. The molecule has 192 valence electrons. The number of aromatic amines is 1. The number of nitrogens with two attached hydrogens (primary N) is 2. The Morgan fingerprint density at radius 3 is 2.58 bits per heavy atom. The lowest BCUT2D eigenvalue weighted by Crippen LogP contribution is -2.16. The molecule has 1 aliphatic rings. The number of halogens is 1. The lowest BCUT2D eigenvalue weighted by molar-refractivity contribution is -0.117. The van der Waals surface area contributed by atoms with Gasteiger partial charge >= 0.3 is 0 Å². The predicted molar refractivity (Wildman–Crippen MR) is 142 cm³/mol. The Morgan fingerprint density at radius 2 is 1.97 bits per heavy atom. The molecule has 1 aromatic carbocycles. The van der Waals surface area contributed by atoms with Gasteiger partial charge in [-0.3, -0.25) is 9.89 Å². The SMILES string of the molecule is C=C(CCC(N)=O)c1ccc(CC)c(F)c1.CC(c1nccc(-c2cn[nH]c2N)n1)C1CCCCC1. The maximum Gasteiger partial charge on any atom is 0.217 e. The lowest BCUT2D eigenvalue weighted by atomic mass is 9.80. The molecule has 1 aliphatic carbocycles. The van der Waals surface area contributed by atoms with Gasteiger partial charge in [0, 0.05) is 18.5 Å². The van der Waals surface area contributed by atoms with Gasteiger partial charge in [-0.05, 0) is 60.4 Å². The maximum absolute atomic E-state index is 13.5. The molecule has 0 spiro atoms. The first-order valence-electron chi connectivity index (χ1n) is 12.7. The van der Waals surface area contributed by atoms with Crippen LogP contribution >= 0.6 is 0 Å². The number of carbonyl (C=O) groups is 1. The van der Waals surface area contributed by atoms with Crippen molar-refractivity contribution in [3.8, 4) is 11.3 Å². The van der Waals surface area contributed by atoms with Gasteiger partial charge in [-0.25, -0.2) is 14.4 Å². The van der Waals surface area contributed by atoms with E-state index in [0.717, 1.165) is 28.2 Å². The van der Waals surface area contributed by atoms with Crippen molar-refractivity contribution in [2.75, 3.05) is 5.73 Å². The number of primary amides is 1. The van der Waals surface area contributed by atoms with Crippen LogP contribution in [-0.2, 0) is 11.2 Å². The smallest absolute Gasteiger partial charge is 0.217 e. The number of amides is 1. The standard InChI is InChI=1S/C15H21N5.C13H16FNO/c1-10(11-5-3-2-4-6-11)15-17-8-7-13(19-15)12-9-18-20-14(12)16;1-3-10-5-6-11(8-12(10)14)9(2)4-7-13(15)16/h7-11H,2-6H2,1H3,(H3,16,18,20);5-6,8H,2-4,7H2,1H3,(H2,15,16). The highest BCUT2D eigenvalue weighted by Crippen LogP contribution is 2.35. The van der Waals surface area contributed by atoms with Crippen LogP contribution in [0.3, 0.4) is 0 Å². The van der Waals surface area contributed by atoms with Gasteiger partial charge in [0.1, 0.15) is 17.5 Å². The zero-order chi connectivity index (χ0) is 26.1. The molecule has 1 amide bonds. The fourth-order valence-electron chi connectivity index (χ4n) is 4.56. The molecular weight excluding hydrogens is 455 g/mol. The number of benzene rings is 1. The average Bonchev–Trinajstić information content (AvgIpc) is 3.33. The molecule has 0 bridgehead atoms. The number of allylic oxidation sites excluding steroid dienone is 1. The molecule has 1 fully saturated rings. The van der Waals surface area contributed by atoms with E-state index in [4.69, 9.17) is 16.5 Å². The van der Waals surface area contributed by atoms with E-state index in [0.29, 0.717) is 36.1 Å². The molecular formula is C28H37FN6O. The molecule has 7 nitrogen and oxygen atoms in total. The Morgan fingerprint density at radius 1 is 1.22 bits per heavy atom. The first kappa shape index (κ1) is 27.0. The van der Waals surface area contributed by atoms with Gasteiger partial charge in [0.05, 0.1) is 17.5 Å². The number of nitrogen functional groups attached to an aromatic ring is 1. The maximum atomic E-state index is 13.5. The lowest BCUT2D eigenvalue weighted by Gasteiger charge is -2.26. The normalized spacial score (nSPS) is 14.5. The number of rotatable bonds is 8. The number of carbonyl (C=O) groups excluding carboxylic acids is 1. The largest absolute Gasteiger partial charge is 0.384 e. The third kappa shape index (κ3) is 7.23. The molecule has 36 heavy (non-hydrogen) atoms. The van der Waals surface area contributed by atoms with Crippen molar-refractivity contribution < 1.29 is 9.18 Å². The van der Waals surface area contributed by atoms with Crippen LogP contribution in [0.4, 0.5) is 10.2 Å². The van der Waals surface area contributed by atoms with Crippen molar-refractivity contribution in [3.63, 3.8) is 0 Å². The van der Waals surface area contributed by atoms with E-state index < -0.39 is 0 Å². The summed E-state index contributed by atoms with van der Waals surface area (Å²) in [5.74, 6) is 2.01. The molecule has 5 N–H and O–H groups in total. The van der Waals surface area contributed by atoms with Crippen LogP contribution in [0.2, 0.25) is 0 Å². The Hall–Kier alpha value is -3.55. The summed E-state index contributed by atoms with van der Waals surface area (Å²) in [4.78, 5) is 19.8. The van der Waals surface area contributed by atoms with E-state index in [9.17, 15) is 9.18 Å². The van der Waals surface area contributed by atoms with Crippen LogP contribution in [-0.4, -0.2) is 26.1 Å². The Bertz CT molecular complexity index is 1170. The second-order valence-corrected chi connectivity index (χ2v) is 9.41. The van der Waals surface area contributed by atoms with Crippen LogP contribution in [0.1, 0.15) is 81.7 Å². The van der Waals surface area contributed by atoms with Crippen LogP contribution in [0.5, 0.6) is 0 Å². The Balaban J connectivity index is 0.000000207. The van der Waals surface area contributed by atoms with Gasteiger partial charge in [-0.1, -0.05) is 51.8 Å². The molecule has 3 aromatic rings. The summed E-state index contributed by atoms with van der Waals surface area (Å²) in [6.07, 6.45) is 11.6. The van der Waals surface area contributed by atoms with Crippen molar-refractivity contribution in [3.05, 3.63) is 66.0 Å². The minimum Gasteiger partial charge on any atom is -0.384 e. The van der Waals surface area contributed by atoms with Gasteiger partial charge in [-0.2, -0.15) is 5.10 Å². The average molecular weight is 493 g/mol. The molecule has 4 rings (SSSR count). The number of nitrogens with zero attached hydrogens (tertiary/aromatic N) is 3. The molecule has 0 radical (unpaired) electrons. The van der Waals surface area contributed by atoms with E-state index in [1.165, 1.54) is 38.2 Å². The van der Waals surface area contributed by atoms with Gasteiger partial charge in [0.25, 0.3) is 0 Å². The summed E-state index contributed by atoms with van der Waals surface area (Å²) < 4.78 is 13.5. The zero-order valence-corrected chi connectivity index (χ0v) is 21.3.